The predicted octanol–water partition coefficient (Wildman–Crippen LogP) is 3.04. The lowest BCUT2D eigenvalue weighted by Crippen LogP contribution is -2.22. The molecule has 1 aliphatic carbocycles. The maximum atomic E-state index is 5.86. The summed E-state index contributed by atoms with van der Waals surface area (Å²) < 4.78 is 5.86. The monoisotopic (exact) mass is 191 g/mol. The molecule has 0 radical (unpaired) electrons. The minimum absolute atomic E-state index is 0.425. The van der Waals surface area contributed by atoms with E-state index in [1.165, 1.54) is 25.7 Å². The molecule has 1 aromatic rings. The van der Waals surface area contributed by atoms with E-state index in [2.05, 4.69) is 11.9 Å². The van der Waals surface area contributed by atoms with Gasteiger partial charge in [0.2, 0.25) is 0 Å². The Kier molecular flexibility index (Phi) is 3.02. The molecule has 1 heterocycles. The minimum atomic E-state index is 0.425. The van der Waals surface area contributed by atoms with Gasteiger partial charge < -0.3 is 4.74 Å². The summed E-state index contributed by atoms with van der Waals surface area (Å²) in [4.78, 5) is 3.97. The Morgan fingerprint density at radius 2 is 1.79 bits per heavy atom. The Morgan fingerprint density at radius 3 is 2.43 bits per heavy atom. The number of pyridine rings is 1. The van der Waals surface area contributed by atoms with E-state index in [1.54, 1.807) is 12.4 Å². The molecule has 0 N–H and O–H groups in total. The molecule has 14 heavy (non-hydrogen) atoms. The van der Waals surface area contributed by atoms with E-state index in [1.807, 2.05) is 12.1 Å². The van der Waals surface area contributed by atoms with Crippen molar-refractivity contribution in [2.75, 3.05) is 0 Å². The van der Waals surface area contributed by atoms with Gasteiger partial charge in [0.05, 0.1) is 6.10 Å². The summed E-state index contributed by atoms with van der Waals surface area (Å²) in [5.41, 5.74) is 0. The predicted molar refractivity (Wildman–Crippen MR) is 56.3 cm³/mol. The van der Waals surface area contributed by atoms with Gasteiger partial charge in [-0.1, -0.05) is 6.92 Å². The smallest absolute Gasteiger partial charge is 0.122 e. The summed E-state index contributed by atoms with van der Waals surface area (Å²) in [6, 6.07) is 3.86. The van der Waals surface area contributed by atoms with Gasteiger partial charge in [-0.05, 0) is 43.7 Å². The molecule has 1 aromatic heterocycles. The zero-order valence-electron chi connectivity index (χ0n) is 8.65. The molecule has 0 atom stereocenters. The van der Waals surface area contributed by atoms with Crippen LogP contribution in [0.3, 0.4) is 0 Å². The zero-order valence-corrected chi connectivity index (χ0v) is 8.65. The van der Waals surface area contributed by atoms with Crippen molar-refractivity contribution in [3.8, 4) is 5.75 Å². The van der Waals surface area contributed by atoms with Crippen LogP contribution in [0.15, 0.2) is 24.5 Å². The number of ether oxygens (including phenoxy) is 1. The van der Waals surface area contributed by atoms with Gasteiger partial charge in [0.15, 0.2) is 0 Å². The van der Waals surface area contributed by atoms with E-state index in [9.17, 15) is 0 Å². The van der Waals surface area contributed by atoms with Crippen LogP contribution in [-0.4, -0.2) is 11.1 Å². The molecule has 0 bridgehead atoms. The molecular weight excluding hydrogens is 174 g/mol. The van der Waals surface area contributed by atoms with Gasteiger partial charge in [-0.25, -0.2) is 0 Å². The first-order valence-electron chi connectivity index (χ1n) is 5.41. The van der Waals surface area contributed by atoms with Gasteiger partial charge in [0, 0.05) is 12.4 Å². The van der Waals surface area contributed by atoms with Crippen LogP contribution in [0.5, 0.6) is 5.75 Å². The van der Waals surface area contributed by atoms with Crippen molar-refractivity contribution in [3.05, 3.63) is 24.5 Å². The summed E-state index contributed by atoms with van der Waals surface area (Å²) in [6.07, 6.45) is 8.98. The molecule has 1 fully saturated rings. The molecule has 1 saturated carbocycles. The Morgan fingerprint density at radius 1 is 1.14 bits per heavy atom. The second-order valence-electron chi connectivity index (χ2n) is 4.18. The maximum absolute atomic E-state index is 5.86. The van der Waals surface area contributed by atoms with Gasteiger partial charge in [0.25, 0.3) is 0 Å². The summed E-state index contributed by atoms with van der Waals surface area (Å²) in [6.45, 7) is 2.32. The van der Waals surface area contributed by atoms with Crippen molar-refractivity contribution >= 4 is 0 Å². The maximum Gasteiger partial charge on any atom is 0.122 e. The highest BCUT2D eigenvalue weighted by Crippen LogP contribution is 2.26. The number of hydrogen-bond donors (Lipinski definition) is 0. The van der Waals surface area contributed by atoms with E-state index < -0.39 is 0 Å². The summed E-state index contributed by atoms with van der Waals surface area (Å²) in [7, 11) is 0. The second kappa shape index (κ2) is 4.45. The molecule has 2 nitrogen and oxygen atoms in total. The van der Waals surface area contributed by atoms with Crippen molar-refractivity contribution in [2.45, 2.75) is 38.7 Å². The Hall–Kier alpha value is -1.05. The van der Waals surface area contributed by atoms with Crippen molar-refractivity contribution in [1.82, 2.24) is 4.98 Å². The fraction of sp³-hybridized carbons (Fsp3) is 0.583. The summed E-state index contributed by atoms with van der Waals surface area (Å²) in [5.74, 6) is 1.84. The average Bonchev–Trinajstić information content (AvgIpc) is 2.23. The van der Waals surface area contributed by atoms with Crippen molar-refractivity contribution < 1.29 is 4.74 Å². The normalized spacial score (nSPS) is 27.2. The van der Waals surface area contributed by atoms with Crippen LogP contribution in [0.2, 0.25) is 0 Å². The van der Waals surface area contributed by atoms with E-state index >= 15 is 0 Å². The molecule has 0 aromatic carbocycles. The highest BCUT2D eigenvalue weighted by molar-refractivity contribution is 5.17. The SMILES string of the molecule is C[C@H]1CC[C@H](Oc2ccncc2)CC1. The van der Waals surface area contributed by atoms with Gasteiger partial charge in [-0.2, -0.15) is 0 Å². The van der Waals surface area contributed by atoms with Crippen LogP contribution in [0.4, 0.5) is 0 Å². The van der Waals surface area contributed by atoms with E-state index in [0.717, 1.165) is 11.7 Å². The van der Waals surface area contributed by atoms with E-state index in [4.69, 9.17) is 4.74 Å². The van der Waals surface area contributed by atoms with Gasteiger partial charge in [-0.3, -0.25) is 4.98 Å². The Balaban J connectivity index is 1.87. The Labute approximate surface area is 85.3 Å². The molecule has 0 amide bonds. The Bertz CT molecular complexity index is 265. The molecule has 2 rings (SSSR count). The highest BCUT2D eigenvalue weighted by atomic mass is 16.5. The lowest BCUT2D eigenvalue weighted by molar-refractivity contribution is 0.135. The standard InChI is InChI=1S/C12H17NO/c1-10-2-4-11(5-3-10)14-12-6-8-13-9-7-12/h6-11H,2-5H2,1H3/t10-,11-. The first-order chi connectivity index (χ1) is 6.84. The molecule has 0 aliphatic heterocycles. The average molecular weight is 191 g/mol. The molecular formula is C12H17NO. The molecule has 0 spiro atoms. The summed E-state index contributed by atoms with van der Waals surface area (Å²) >= 11 is 0. The van der Waals surface area contributed by atoms with Crippen LogP contribution in [-0.2, 0) is 0 Å². The third kappa shape index (κ3) is 2.47. The number of nitrogens with zero attached hydrogens (tertiary/aromatic N) is 1. The topological polar surface area (TPSA) is 22.1 Å². The first-order valence-corrected chi connectivity index (χ1v) is 5.41. The van der Waals surface area contributed by atoms with E-state index in [0.29, 0.717) is 6.10 Å². The molecule has 0 saturated heterocycles. The third-order valence-corrected chi connectivity index (χ3v) is 2.92. The summed E-state index contributed by atoms with van der Waals surface area (Å²) in [5, 5.41) is 0. The first kappa shape index (κ1) is 9.50. The zero-order chi connectivity index (χ0) is 9.80. The van der Waals surface area contributed by atoms with Gasteiger partial charge in [0.1, 0.15) is 5.75 Å². The number of rotatable bonds is 2. The lowest BCUT2D eigenvalue weighted by Gasteiger charge is -2.26. The lowest BCUT2D eigenvalue weighted by atomic mass is 9.89. The van der Waals surface area contributed by atoms with Crippen LogP contribution in [0.25, 0.3) is 0 Å². The number of aromatic nitrogens is 1. The largest absolute Gasteiger partial charge is 0.490 e. The van der Waals surface area contributed by atoms with Gasteiger partial charge >= 0.3 is 0 Å². The molecule has 76 valence electrons. The van der Waals surface area contributed by atoms with Crippen LogP contribution >= 0.6 is 0 Å². The molecule has 1 aliphatic rings. The van der Waals surface area contributed by atoms with Crippen LogP contribution < -0.4 is 4.74 Å². The van der Waals surface area contributed by atoms with Gasteiger partial charge in [-0.15, -0.1) is 0 Å². The quantitative estimate of drug-likeness (QED) is 0.716. The molecule has 0 unspecified atom stereocenters. The highest BCUT2D eigenvalue weighted by Gasteiger charge is 2.19. The van der Waals surface area contributed by atoms with E-state index in [-0.39, 0.29) is 0 Å². The van der Waals surface area contributed by atoms with Crippen molar-refractivity contribution in [3.63, 3.8) is 0 Å². The molecule has 2 heteroatoms. The van der Waals surface area contributed by atoms with Crippen molar-refractivity contribution in [2.24, 2.45) is 5.92 Å². The van der Waals surface area contributed by atoms with Crippen LogP contribution in [0, 0.1) is 5.92 Å². The second-order valence-corrected chi connectivity index (χ2v) is 4.18. The van der Waals surface area contributed by atoms with Crippen LogP contribution in [0.1, 0.15) is 32.6 Å². The number of hydrogen-bond acceptors (Lipinski definition) is 2. The fourth-order valence-electron chi connectivity index (χ4n) is 1.96. The fourth-order valence-corrected chi connectivity index (χ4v) is 1.96. The minimum Gasteiger partial charge on any atom is -0.490 e. The third-order valence-electron chi connectivity index (χ3n) is 2.92. The van der Waals surface area contributed by atoms with Crippen molar-refractivity contribution in [1.29, 1.82) is 0 Å².